The fraction of sp³-hybridized carbons (Fsp3) is 0.917. The first-order valence-electron chi connectivity index (χ1n) is 6.14. The summed E-state index contributed by atoms with van der Waals surface area (Å²) in [6.45, 7) is 3.55. The summed E-state index contributed by atoms with van der Waals surface area (Å²) in [6, 6.07) is 0. The van der Waals surface area contributed by atoms with E-state index >= 15 is 0 Å². The van der Waals surface area contributed by atoms with E-state index in [4.69, 9.17) is 5.73 Å². The summed E-state index contributed by atoms with van der Waals surface area (Å²) < 4.78 is 1.72. The molecule has 5 nitrogen and oxygen atoms in total. The van der Waals surface area contributed by atoms with E-state index in [1.165, 1.54) is 0 Å². The maximum absolute atomic E-state index is 11.7. The van der Waals surface area contributed by atoms with Gasteiger partial charge in [-0.15, -0.1) is 0 Å². The Kier molecular flexibility index (Phi) is 6.09. The first kappa shape index (κ1) is 16.4. The smallest absolute Gasteiger partial charge is 0.236 e. The van der Waals surface area contributed by atoms with E-state index in [0.29, 0.717) is 0 Å². The molecule has 0 saturated heterocycles. The van der Waals surface area contributed by atoms with E-state index in [-0.39, 0.29) is 12.5 Å². The largest absolute Gasteiger partial charge is 0.330 e. The molecule has 0 aromatic carbocycles. The Bertz CT molecular complexity index is 222. The van der Waals surface area contributed by atoms with E-state index in [2.05, 4.69) is 42.3 Å². The van der Waals surface area contributed by atoms with Crippen molar-refractivity contribution in [2.24, 2.45) is 5.73 Å². The molecule has 0 spiro atoms. The highest BCUT2D eigenvalue weighted by molar-refractivity contribution is 5.77. The summed E-state index contributed by atoms with van der Waals surface area (Å²) in [5.74, 6) is 0.0481. The van der Waals surface area contributed by atoms with Gasteiger partial charge in [-0.05, 0) is 0 Å². The number of hydrogen-bond acceptors (Lipinski definition) is 2. The predicted molar refractivity (Wildman–Crippen MR) is 71.4 cm³/mol. The minimum Gasteiger partial charge on any atom is -0.330 e. The van der Waals surface area contributed by atoms with Crippen LogP contribution in [-0.2, 0) is 4.79 Å². The zero-order chi connectivity index (χ0) is 13.7. The van der Waals surface area contributed by atoms with Crippen molar-refractivity contribution in [3.63, 3.8) is 0 Å². The van der Waals surface area contributed by atoms with Crippen molar-refractivity contribution < 1.29 is 13.8 Å². The normalized spacial score (nSPS) is 12.6. The molecule has 0 aliphatic rings. The number of amides is 1. The molecule has 0 saturated carbocycles. The van der Waals surface area contributed by atoms with Crippen molar-refractivity contribution in [1.29, 1.82) is 0 Å². The van der Waals surface area contributed by atoms with Gasteiger partial charge in [-0.3, -0.25) is 4.79 Å². The number of hydrogen-bond donors (Lipinski definition) is 1. The molecule has 2 N–H and O–H groups in total. The lowest BCUT2D eigenvalue weighted by Crippen LogP contribution is -2.49. The van der Waals surface area contributed by atoms with Crippen LogP contribution in [-0.4, -0.2) is 94.8 Å². The minimum absolute atomic E-state index is 0.0481. The third-order valence-electron chi connectivity index (χ3n) is 2.61. The summed E-state index contributed by atoms with van der Waals surface area (Å²) in [5, 5.41) is 0. The minimum atomic E-state index is 0.0481. The Morgan fingerprint density at radius 2 is 1.29 bits per heavy atom. The Hall–Kier alpha value is -0.650. The second kappa shape index (κ2) is 6.33. The van der Waals surface area contributed by atoms with E-state index in [1.54, 1.807) is 0 Å². The van der Waals surface area contributed by atoms with Crippen molar-refractivity contribution in [3.8, 4) is 0 Å². The van der Waals surface area contributed by atoms with E-state index < -0.39 is 0 Å². The average Bonchev–Trinajstić information content (AvgIpc) is 2.13. The zero-order valence-corrected chi connectivity index (χ0v) is 12.4. The van der Waals surface area contributed by atoms with Gasteiger partial charge in [0, 0.05) is 0 Å². The quantitative estimate of drug-likeness (QED) is 0.597. The van der Waals surface area contributed by atoms with Gasteiger partial charge in [-0.1, -0.05) is 0 Å². The van der Waals surface area contributed by atoms with Crippen molar-refractivity contribution in [3.05, 3.63) is 0 Å². The number of nitrogens with two attached hydrogens (primary N) is 1. The Morgan fingerprint density at radius 1 is 0.941 bits per heavy atom. The number of nitrogens with zero attached hydrogens (tertiary/aromatic N) is 3. The molecule has 0 unspecified atom stereocenters. The maximum Gasteiger partial charge on any atom is 0.236 e. The summed E-state index contributed by atoms with van der Waals surface area (Å²) in [4.78, 5) is 13.6. The number of carbonyl (C=O) groups is 1. The molecule has 0 aliphatic heterocycles. The highest BCUT2D eigenvalue weighted by Crippen LogP contribution is 1.98. The maximum atomic E-state index is 11.7. The first-order chi connectivity index (χ1) is 7.55. The number of quaternary nitrogens is 2. The van der Waals surface area contributed by atoms with Gasteiger partial charge in [0.25, 0.3) is 0 Å². The lowest BCUT2D eigenvalue weighted by molar-refractivity contribution is -0.872. The van der Waals surface area contributed by atoms with E-state index in [9.17, 15) is 4.79 Å². The molecule has 102 valence electrons. The molecule has 0 fully saturated rings. The lowest BCUT2D eigenvalue weighted by atomic mass is 10.3. The SMILES string of the molecule is C[N+](C)(C)CCN(CC[N+](C)(C)C)C(=O)CN. The van der Waals surface area contributed by atoms with Crippen LogP contribution in [0.25, 0.3) is 0 Å². The van der Waals surface area contributed by atoms with Gasteiger partial charge in [0.1, 0.15) is 0 Å². The van der Waals surface area contributed by atoms with Crippen LogP contribution in [0.2, 0.25) is 0 Å². The highest BCUT2D eigenvalue weighted by Gasteiger charge is 2.18. The molecule has 0 aliphatic carbocycles. The third kappa shape index (κ3) is 9.09. The van der Waals surface area contributed by atoms with Gasteiger partial charge in [-0.2, -0.15) is 0 Å². The molecule has 5 heteroatoms. The van der Waals surface area contributed by atoms with Crippen LogP contribution in [0.1, 0.15) is 0 Å². The van der Waals surface area contributed by atoms with Crippen molar-refractivity contribution in [1.82, 2.24) is 4.90 Å². The van der Waals surface area contributed by atoms with Crippen LogP contribution in [0.5, 0.6) is 0 Å². The molecule has 0 aromatic rings. The second-order valence-corrected chi connectivity index (χ2v) is 6.61. The predicted octanol–water partition coefficient (Wildman–Crippen LogP) is -0.814. The molecule has 0 aromatic heterocycles. The molecule has 0 atom stereocenters. The fourth-order valence-electron chi connectivity index (χ4n) is 1.33. The van der Waals surface area contributed by atoms with Crippen molar-refractivity contribution in [2.45, 2.75) is 0 Å². The fourth-order valence-corrected chi connectivity index (χ4v) is 1.33. The van der Waals surface area contributed by atoms with Gasteiger partial charge in [-0.25, -0.2) is 0 Å². The van der Waals surface area contributed by atoms with Crippen LogP contribution in [0.3, 0.4) is 0 Å². The van der Waals surface area contributed by atoms with E-state index in [1.807, 2.05) is 4.90 Å². The molecular formula is C12H30N4O+2. The van der Waals surface area contributed by atoms with E-state index in [0.717, 1.165) is 35.1 Å². The first-order valence-corrected chi connectivity index (χ1v) is 6.14. The van der Waals surface area contributed by atoms with Crippen molar-refractivity contribution >= 4 is 5.91 Å². The molecule has 0 bridgehead atoms. The van der Waals surface area contributed by atoms with Crippen LogP contribution < -0.4 is 5.73 Å². The van der Waals surface area contributed by atoms with Gasteiger partial charge in [0.05, 0.1) is 75.0 Å². The molecule has 0 rings (SSSR count). The third-order valence-corrected chi connectivity index (χ3v) is 2.61. The highest BCUT2D eigenvalue weighted by atomic mass is 16.2. The van der Waals surface area contributed by atoms with Gasteiger partial charge >= 0.3 is 0 Å². The van der Waals surface area contributed by atoms with Gasteiger partial charge in [0.2, 0.25) is 5.91 Å². The van der Waals surface area contributed by atoms with Gasteiger partial charge < -0.3 is 19.6 Å². The number of likely N-dealkylation sites (N-methyl/N-ethyl adjacent to an activating group) is 2. The molecule has 17 heavy (non-hydrogen) atoms. The van der Waals surface area contributed by atoms with Crippen LogP contribution in [0, 0.1) is 0 Å². The lowest BCUT2D eigenvalue weighted by Gasteiger charge is -2.31. The van der Waals surface area contributed by atoms with Crippen LogP contribution in [0.4, 0.5) is 0 Å². The summed E-state index contributed by atoms with van der Waals surface area (Å²) >= 11 is 0. The monoisotopic (exact) mass is 246 g/mol. The number of carbonyl (C=O) groups excluding carboxylic acids is 1. The Morgan fingerprint density at radius 3 is 1.53 bits per heavy atom. The van der Waals surface area contributed by atoms with Crippen LogP contribution in [0.15, 0.2) is 0 Å². The zero-order valence-electron chi connectivity index (χ0n) is 12.4. The second-order valence-electron chi connectivity index (χ2n) is 6.61. The van der Waals surface area contributed by atoms with Gasteiger partial charge in [0.15, 0.2) is 0 Å². The Balaban J connectivity index is 4.30. The molecule has 0 heterocycles. The molecule has 0 radical (unpaired) electrons. The summed E-state index contributed by atoms with van der Waals surface area (Å²) in [5.41, 5.74) is 5.45. The topological polar surface area (TPSA) is 46.3 Å². The van der Waals surface area contributed by atoms with Crippen LogP contribution >= 0.6 is 0 Å². The molecule has 1 amide bonds. The summed E-state index contributed by atoms with van der Waals surface area (Å²) in [7, 11) is 12.8. The standard InChI is InChI=1S/C12H30N4O/c1-15(2,3)9-7-14(12(17)11-13)8-10-16(4,5)6/h7-11,13H2,1-6H3/q+2. The average molecular weight is 246 g/mol. The van der Waals surface area contributed by atoms with Crippen molar-refractivity contribution in [2.75, 3.05) is 75.0 Å². The molecular weight excluding hydrogens is 216 g/mol. The number of rotatable bonds is 7. The Labute approximate surface area is 106 Å². The summed E-state index contributed by atoms with van der Waals surface area (Å²) in [6.07, 6.45) is 0.